The number of imidazole rings is 1. The van der Waals surface area contributed by atoms with E-state index < -0.39 is 17.8 Å². The summed E-state index contributed by atoms with van der Waals surface area (Å²) in [6.07, 6.45) is -3.22. The van der Waals surface area contributed by atoms with Crippen molar-refractivity contribution >= 4 is 0 Å². The molecular formula is C25H22F3N3O2. The highest BCUT2D eigenvalue weighted by molar-refractivity contribution is 5.64. The second-order valence-corrected chi connectivity index (χ2v) is 7.53. The Bertz CT molecular complexity index is 1210. The number of H-pyrrole nitrogens is 1. The van der Waals surface area contributed by atoms with Crippen molar-refractivity contribution in [3.63, 3.8) is 0 Å². The molecule has 0 bridgehead atoms. The maximum absolute atomic E-state index is 13.7. The molecular weight excluding hydrogens is 431 g/mol. The van der Waals surface area contributed by atoms with E-state index in [2.05, 4.69) is 9.97 Å². The molecule has 0 spiro atoms. The Balaban J connectivity index is 1.53. The van der Waals surface area contributed by atoms with Gasteiger partial charge in [0.25, 0.3) is 0 Å². The minimum atomic E-state index is -4.60. The van der Waals surface area contributed by atoms with E-state index in [0.29, 0.717) is 11.5 Å². The van der Waals surface area contributed by atoms with Gasteiger partial charge in [0, 0.05) is 5.56 Å². The van der Waals surface area contributed by atoms with E-state index >= 15 is 0 Å². The predicted octanol–water partition coefficient (Wildman–Crippen LogP) is 5.33. The van der Waals surface area contributed by atoms with Crippen molar-refractivity contribution < 1.29 is 23.0 Å². The number of aliphatic hydroxyl groups is 1. The molecule has 1 aromatic heterocycles. The van der Waals surface area contributed by atoms with Gasteiger partial charge in [0.1, 0.15) is 18.2 Å². The number of hydrogen-bond donors (Lipinski definition) is 3. The molecule has 170 valence electrons. The molecule has 0 amide bonds. The van der Waals surface area contributed by atoms with Gasteiger partial charge in [-0.25, -0.2) is 4.98 Å². The number of rotatable bonds is 7. The summed E-state index contributed by atoms with van der Waals surface area (Å²) in [5.74, 6) is 0.0329. The summed E-state index contributed by atoms with van der Waals surface area (Å²) < 4.78 is 46.8. The average molecular weight is 453 g/mol. The largest absolute Gasteiger partial charge is 0.488 e. The number of aromatic nitrogens is 2. The highest BCUT2D eigenvalue weighted by Gasteiger charge is 2.35. The topological polar surface area (TPSA) is 84.2 Å². The first-order chi connectivity index (χ1) is 15.8. The van der Waals surface area contributed by atoms with Crippen LogP contribution >= 0.6 is 0 Å². The van der Waals surface area contributed by atoms with Gasteiger partial charge < -0.3 is 20.6 Å². The smallest absolute Gasteiger partial charge is 0.419 e. The molecule has 4 N–H and O–H groups in total. The van der Waals surface area contributed by atoms with Gasteiger partial charge in [-0.2, -0.15) is 13.2 Å². The van der Waals surface area contributed by atoms with Crippen LogP contribution < -0.4 is 10.5 Å². The van der Waals surface area contributed by atoms with Gasteiger partial charge in [0.15, 0.2) is 0 Å². The lowest BCUT2D eigenvalue weighted by Gasteiger charge is -2.15. The summed E-state index contributed by atoms with van der Waals surface area (Å²) in [7, 11) is 0. The first-order valence-electron chi connectivity index (χ1n) is 10.3. The van der Waals surface area contributed by atoms with Crippen molar-refractivity contribution in [2.75, 3.05) is 6.61 Å². The number of nitrogens with one attached hydrogen (secondary N) is 1. The highest BCUT2D eigenvalue weighted by atomic mass is 19.4. The first kappa shape index (κ1) is 22.6. The first-order valence-corrected chi connectivity index (χ1v) is 10.3. The SMILES string of the molecule is N[C@@H](CO)c1ncc(-c2ccc(OCc3ccc(-c4ccccc4)cc3)c(C(F)(F)F)c2)[nH]1. The van der Waals surface area contributed by atoms with E-state index in [1.165, 1.54) is 18.3 Å². The third kappa shape index (κ3) is 5.24. The van der Waals surface area contributed by atoms with E-state index in [4.69, 9.17) is 15.6 Å². The quantitative estimate of drug-likeness (QED) is 0.353. The van der Waals surface area contributed by atoms with Gasteiger partial charge in [-0.05, 0) is 34.9 Å². The third-order valence-corrected chi connectivity index (χ3v) is 5.19. The molecule has 3 aromatic carbocycles. The van der Waals surface area contributed by atoms with Crippen molar-refractivity contribution in [1.29, 1.82) is 0 Å². The Morgan fingerprint density at radius 3 is 2.27 bits per heavy atom. The van der Waals surface area contributed by atoms with Crippen LogP contribution in [0.1, 0.15) is 23.0 Å². The standard InChI is InChI=1S/C25H22F3N3O2/c26-25(27,28)20-12-19(22-13-30-24(31-22)21(29)14-32)10-11-23(20)33-15-16-6-8-18(9-7-16)17-4-2-1-3-5-17/h1-13,21,32H,14-15,29H2,(H,30,31)/t21-/m0/s1. The lowest BCUT2D eigenvalue weighted by atomic mass is 10.0. The van der Waals surface area contributed by atoms with Gasteiger partial charge in [-0.3, -0.25) is 0 Å². The van der Waals surface area contributed by atoms with Gasteiger partial charge in [0.2, 0.25) is 0 Å². The van der Waals surface area contributed by atoms with Crippen LogP contribution in [0, 0.1) is 0 Å². The van der Waals surface area contributed by atoms with Crippen LogP contribution in [-0.2, 0) is 12.8 Å². The molecule has 0 radical (unpaired) electrons. The molecule has 5 nitrogen and oxygen atoms in total. The predicted molar refractivity (Wildman–Crippen MR) is 119 cm³/mol. The lowest BCUT2D eigenvalue weighted by Crippen LogP contribution is -2.15. The molecule has 0 fully saturated rings. The summed E-state index contributed by atoms with van der Waals surface area (Å²) in [6.45, 7) is -0.336. The highest BCUT2D eigenvalue weighted by Crippen LogP contribution is 2.39. The number of ether oxygens (including phenoxy) is 1. The zero-order valence-corrected chi connectivity index (χ0v) is 17.5. The van der Waals surface area contributed by atoms with Crippen LogP contribution in [-0.4, -0.2) is 21.7 Å². The fraction of sp³-hybridized carbons (Fsp3) is 0.160. The third-order valence-electron chi connectivity index (χ3n) is 5.19. The molecule has 0 saturated heterocycles. The number of aromatic amines is 1. The molecule has 0 unspecified atom stereocenters. The molecule has 4 aromatic rings. The Labute approximate surface area is 188 Å². The maximum atomic E-state index is 13.7. The van der Waals surface area contributed by atoms with Crippen molar-refractivity contribution in [2.24, 2.45) is 5.73 Å². The zero-order valence-electron chi connectivity index (χ0n) is 17.5. The monoisotopic (exact) mass is 453 g/mol. The number of benzene rings is 3. The van der Waals surface area contributed by atoms with Crippen molar-refractivity contribution in [2.45, 2.75) is 18.8 Å². The van der Waals surface area contributed by atoms with Crippen molar-refractivity contribution in [3.05, 3.63) is 95.9 Å². The van der Waals surface area contributed by atoms with E-state index in [9.17, 15) is 13.2 Å². The van der Waals surface area contributed by atoms with Crippen LogP contribution in [0.2, 0.25) is 0 Å². The Morgan fingerprint density at radius 2 is 1.61 bits per heavy atom. The minimum Gasteiger partial charge on any atom is -0.488 e. The molecule has 0 aliphatic rings. The average Bonchev–Trinajstić information content (AvgIpc) is 3.33. The number of nitrogens with zero attached hydrogens (tertiary/aromatic N) is 1. The summed E-state index contributed by atoms with van der Waals surface area (Å²) in [4.78, 5) is 6.88. The molecule has 0 saturated carbocycles. The van der Waals surface area contributed by atoms with E-state index in [1.54, 1.807) is 0 Å². The summed E-state index contributed by atoms with van der Waals surface area (Å²) in [5, 5.41) is 9.13. The molecule has 4 rings (SSSR count). The van der Waals surface area contributed by atoms with E-state index in [-0.39, 0.29) is 24.5 Å². The summed E-state index contributed by atoms with van der Waals surface area (Å²) >= 11 is 0. The Kier molecular flexibility index (Phi) is 6.48. The molecule has 33 heavy (non-hydrogen) atoms. The van der Waals surface area contributed by atoms with E-state index in [0.717, 1.165) is 22.8 Å². The fourth-order valence-electron chi connectivity index (χ4n) is 3.39. The number of alkyl halides is 3. The van der Waals surface area contributed by atoms with Gasteiger partial charge in [0.05, 0.1) is 30.1 Å². The number of halogens is 3. The minimum absolute atomic E-state index is 0.00292. The maximum Gasteiger partial charge on any atom is 0.419 e. The molecule has 0 aliphatic carbocycles. The Hall–Kier alpha value is -3.62. The summed E-state index contributed by atoms with van der Waals surface area (Å²) in [5.41, 5.74) is 8.29. The second kappa shape index (κ2) is 9.48. The second-order valence-electron chi connectivity index (χ2n) is 7.53. The van der Waals surface area contributed by atoms with Gasteiger partial charge in [-0.1, -0.05) is 54.6 Å². The number of aliphatic hydroxyl groups excluding tert-OH is 1. The molecule has 1 atom stereocenters. The normalized spacial score (nSPS) is 12.5. The van der Waals surface area contributed by atoms with Gasteiger partial charge >= 0.3 is 6.18 Å². The lowest BCUT2D eigenvalue weighted by molar-refractivity contribution is -0.139. The van der Waals surface area contributed by atoms with E-state index in [1.807, 2.05) is 54.6 Å². The van der Waals surface area contributed by atoms with Crippen molar-refractivity contribution in [3.8, 4) is 28.1 Å². The Morgan fingerprint density at radius 1 is 0.939 bits per heavy atom. The van der Waals surface area contributed by atoms with Crippen LogP contribution in [0.3, 0.4) is 0 Å². The van der Waals surface area contributed by atoms with Crippen molar-refractivity contribution in [1.82, 2.24) is 9.97 Å². The van der Waals surface area contributed by atoms with Gasteiger partial charge in [-0.15, -0.1) is 0 Å². The van der Waals surface area contributed by atoms with Crippen LogP contribution in [0.25, 0.3) is 22.4 Å². The molecule has 8 heteroatoms. The fourth-order valence-corrected chi connectivity index (χ4v) is 3.39. The number of nitrogens with two attached hydrogens (primary N) is 1. The van der Waals surface area contributed by atoms with Crippen LogP contribution in [0.15, 0.2) is 79.0 Å². The summed E-state index contributed by atoms with van der Waals surface area (Å²) in [6, 6.07) is 20.4. The molecule has 0 aliphatic heterocycles. The number of hydrogen-bond acceptors (Lipinski definition) is 4. The zero-order chi connectivity index (χ0) is 23.4. The molecule has 1 heterocycles. The van der Waals surface area contributed by atoms with Crippen LogP contribution in [0.5, 0.6) is 5.75 Å². The van der Waals surface area contributed by atoms with Crippen LogP contribution in [0.4, 0.5) is 13.2 Å².